The van der Waals surface area contributed by atoms with Crippen LogP contribution >= 0.6 is 22.6 Å². The third-order valence-corrected chi connectivity index (χ3v) is 4.39. The second kappa shape index (κ2) is 4.98. The van der Waals surface area contributed by atoms with Crippen molar-refractivity contribution in [2.24, 2.45) is 0 Å². The number of hydrogen-bond donors (Lipinski definition) is 4. The molecule has 0 bridgehead atoms. The minimum atomic E-state index is -1.63. The van der Waals surface area contributed by atoms with Crippen LogP contribution in [-0.4, -0.2) is 59.5 Å². The highest BCUT2D eigenvalue weighted by Gasteiger charge is 2.53. The van der Waals surface area contributed by atoms with Crippen molar-refractivity contribution in [1.29, 1.82) is 0 Å². The number of aromatic nitrogens is 4. The Morgan fingerprint density at radius 1 is 1.52 bits per heavy atom. The summed E-state index contributed by atoms with van der Waals surface area (Å²) in [4.78, 5) is 8.02. The van der Waals surface area contributed by atoms with Gasteiger partial charge in [-0.15, -0.1) is 0 Å². The van der Waals surface area contributed by atoms with E-state index in [0.717, 1.165) is 0 Å². The number of aliphatic hydroxyl groups excluding tert-OH is 2. The zero-order chi connectivity index (χ0) is 15.4. The standard InChI is InChI=1S/C11H14IN5O4/c1-11(20)6(19)4(2-18)21-10(11)17-9-5(7(12)16-17)8(13)14-3-15-9/h3-4,6,10,18-20H,2H2,1H3,(H2,13,14,15)/t4?,6?,10?,11-/m1/s1. The molecule has 0 amide bonds. The maximum Gasteiger partial charge on any atom is 0.183 e. The maximum absolute atomic E-state index is 10.5. The van der Waals surface area contributed by atoms with Crippen molar-refractivity contribution in [3.63, 3.8) is 0 Å². The first-order valence-corrected chi connectivity index (χ1v) is 7.26. The SMILES string of the molecule is C[C@@]1(O)C(O)C(CO)OC1n1nc(I)c2c(N)ncnc21. The maximum atomic E-state index is 10.5. The summed E-state index contributed by atoms with van der Waals surface area (Å²) in [5, 5.41) is 34.6. The van der Waals surface area contributed by atoms with Crippen molar-refractivity contribution in [3.8, 4) is 0 Å². The van der Waals surface area contributed by atoms with E-state index in [1.165, 1.54) is 17.9 Å². The summed E-state index contributed by atoms with van der Waals surface area (Å²) in [6.45, 7) is 1.00. The fourth-order valence-corrected chi connectivity index (χ4v) is 3.21. The van der Waals surface area contributed by atoms with Gasteiger partial charge in [-0.25, -0.2) is 14.6 Å². The average Bonchev–Trinajstić information content (AvgIpc) is 2.87. The largest absolute Gasteiger partial charge is 0.394 e. The topological polar surface area (TPSA) is 140 Å². The first kappa shape index (κ1) is 14.8. The quantitative estimate of drug-likeness (QED) is 0.466. The van der Waals surface area contributed by atoms with Gasteiger partial charge in [0.15, 0.2) is 11.9 Å². The molecule has 3 rings (SSSR count). The van der Waals surface area contributed by atoms with E-state index in [2.05, 4.69) is 15.1 Å². The number of rotatable bonds is 2. The van der Waals surface area contributed by atoms with Crippen molar-refractivity contribution < 1.29 is 20.1 Å². The molecule has 2 aromatic heterocycles. The first-order valence-electron chi connectivity index (χ1n) is 6.19. The number of nitrogens with zero attached hydrogens (tertiary/aromatic N) is 4. The van der Waals surface area contributed by atoms with Crippen LogP contribution < -0.4 is 5.73 Å². The van der Waals surface area contributed by atoms with Crippen molar-refractivity contribution in [3.05, 3.63) is 10.0 Å². The Balaban J connectivity index is 2.15. The molecule has 4 atom stereocenters. The Morgan fingerprint density at radius 2 is 2.24 bits per heavy atom. The van der Waals surface area contributed by atoms with Gasteiger partial charge >= 0.3 is 0 Å². The Bertz CT molecular complexity index is 691. The van der Waals surface area contributed by atoms with E-state index >= 15 is 0 Å². The molecule has 1 aliphatic rings. The highest BCUT2D eigenvalue weighted by Crippen LogP contribution is 2.39. The lowest BCUT2D eigenvalue weighted by molar-refractivity contribution is -0.100. The molecule has 10 heteroatoms. The van der Waals surface area contributed by atoms with Crippen LogP contribution in [0.1, 0.15) is 13.2 Å². The highest BCUT2D eigenvalue weighted by atomic mass is 127. The van der Waals surface area contributed by atoms with Gasteiger partial charge in [0.1, 0.15) is 33.7 Å². The highest BCUT2D eigenvalue weighted by molar-refractivity contribution is 14.1. The number of anilines is 1. The van der Waals surface area contributed by atoms with Gasteiger partial charge in [-0.3, -0.25) is 0 Å². The molecule has 2 aromatic rings. The third-order valence-electron chi connectivity index (χ3n) is 3.63. The number of ether oxygens (including phenoxy) is 1. The van der Waals surface area contributed by atoms with Crippen molar-refractivity contribution >= 4 is 39.4 Å². The first-order chi connectivity index (χ1) is 9.87. The molecular formula is C11H14IN5O4. The van der Waals surface area contributed by atoms with Gasteiger partial charge in [-0.05, 0) is 29.5 Å². The lowest BCUT2D eigenvalue weighted by Crippen LogP contribution is -2.44. The van der Waals surface area contributed by atoms with Crippen LogP contribution in [0, 0.1) is 3.70 Å². The third kappa shape index (κ3) is 2.09. The lowest BCUT2D eigenvalue weighted by atomic mass is 9.97. The van der Waals surface area contributed by atoms with Crippen molar-refractivity contribution in [2.45, 2.75) is 31.0 Å². The molecule has 1 aliphatic heterocycles. The van der Waals surface area contributed by atoms with Crippen LogP contribution in [-0.2, 0) is 4.74 Å². The summed E-state index contributed by atoms with van der Waals surface area (Å²) in [7, 11) is 0. The number of hydrogen-bond acceptors (Lipinski definition) is 8. The Hall–Kier alpha value is -1.08. The number of nitrogens with two attached hydrogens (primary N) is 1. The number of halogens is 1. The van der Waals surface area contributed by atoms with Crippen LogP contribution in [0.5, 0.6) is 0 Å². The predicted molar refractivity (Wildman–Crippen MR) is 80.1 cm³/mol. The van der Waals surface area contributed by atoms with Gasteiger partial charge in [0.2, 0.25) is 0 Å². The van der Waals surface area contributed by atoms with Crippen LogP contribution in [0.25, 0.3) is 11.0 Å². The molecule has 1 fully saturated rings. The fraction of sp³-hybridized carbons (Fsp3) is 0.545. The molecule has 3 heterocycles. The predicted octanol–water partition coefficient (Wildman–Crippen LogP) is -0.985. The Kier molecular flexibility index (Phi) is 3.52. The molecule has 21 heavy (non-hydrogen) atoms. The summed E-state index contributed by atoms with van der Waals surface area (Å²) in [5.74, 6) is 0.271. The van der Waals surface area contributed by atoms with E-state index in [1.807, 2.05) is 22.6 Å². The van der Waals surface area contributed by atoms with Gasteiger partial charge in [-0.1, -0.05) is 0 Å². The molecule has 5 N–H and O–H groups in total. The Labute approximate surface area is 132 Å². The molecule has 0 aliphatic carbocycles. The fourth-order valence-electron chi connectivity index (χ4n) is 2.46. The van der Waals surface area contributed by atoms with Gasteiger partial charge in [0.05, 0.1) is 12.0 Å². The molecule has 0 saturated carbocycles. The molecule has 0 radical (unpaired) electrons. The molecule has 1 saturated heterocycles. The summed E-state index contributed by atoms with van der Waals surface area (Å²) in [6, 6.07) is 0. The van der Waals surface area contributed by atoms with Gasteiger partial charge in [0.25, 0.3) is 0 Å². The van der Waals surface area contributed by atoms with Crippen LogP contribution in [0.15, 0.2) is 6.33 Å². The van der Waals surface area contributed by atoms with E-state index in [9.17, 15) is 15.3 Å². The second-order valence-electron chi connectivity index (χ2n) is 5.07. The zero-order valence-corrected chi connectivity index (χ0v) is 13.2. The minimum absolute atomic E-state index is 0.271. The van der Waals surface area contributed by atoms with E-state index in [4.69, 9.17) is 10.5 Å². The van der Waals surface area contributed by atoms with Crippen molar-refractivity contribution in [2.75, 3.05) is 12.3 Å². The van der Waals surface area contributed by atoms with Gasteiger partial charge < -0.3 is 25.8 Å². The number of fused-ring (bicyclic) bond motifs is 1. The molecule has 3 unspecified atom stereocenters. The smallest absolute Gasteiger partial charge is 0.183 e. The molecule has 114 valence electrons. The van der Waals surface area contributed by atoms with Crippen LogP contribution in [0.2, 0.25) is 0 Å². The number of nitrogen functional groups attached to an aromatic ring is 1. The van der Waals surface area contributed by atoms with Gasteiger partial charge in [0, 0.05) is 0 Å². The molecule has 0 spiro atoms. The van der Waals surface area contributed by atoms with Crippen LogP contribution in [0.3, 0.4) is 0 Å². The lowest BCUT2D eigenvalue weighted by Gasteiger charge is -2.26. The van der Waals surface area contributed by atoms with Crippen molar-refractivity contribution in [1.82, 2.24) is 19.7 Å². The van der Waals surface area contributed by atoms with E-state index in [1.54, 1.807) is 0 Å². The van der Waals surface area contributed by atoms with E-state index in [0.29, 0.717) is 14.7 Å². The average molecular weight is 407 g/mol. The summed E-state index contributed by atoms with van der Waals surface area (Å²) in [6.07, 6.45) is -1.86. The van der Waals surface area contributed by atoms with Crippen LogP contribution in [0.4, 0.5) is 5.82 Å². The monoisotopic (exact) mass is 407 g/mol. The summed E-state index contributed by atoms with van der Waals surface area (Å²) in [5.41, 5.74) is 4.58. The molecule has 0 aromatic carbocycles. The summed E-state index contributed by atoms with van der Waals surface area (Å²) < 4.78 is 7.44. The Morgan fingerprint density at radius 3 is 2.86 bits per heavy atom. The zero-order valence-electron chi connectivity index (χ0n) is 11.0. The summed E-state index contributed by atoms with van der Waals surface area (Å²) >= 11 is 1.98. The van der Waals surface area contributed by atoms with E-state index < -0.39 is 30.6 Å². The number of aliphatic hydroxyl groups is 3. The molecule has 9 nitrogen and oxygen atoms in total. The van der Waals surface area contributed by atoms with Gasteiger partial charge in [-0.2, -0.15) is 5.10 Å². The normalized spacial score (nSPS) is 32.9. The van der Waals surface area contributed by atoms with E-state index in [-0.39, 0.29) is 5.82 Å². The second-order valence-corrected chi connectivity index (χ2v) is 6.09. The minimum Gasteiger partial charge on any atom is -0.394 e. The molecular weight excluding hydrogens is 393 g/mol.